The second-order valence-corrected chi connectivity index (χ2v) is 7.14. The van der Waals surface area contributed by atoms with E-state index >= 15 is 0 Å². The number of thiophene rings is 1. The number of aryl methyl sites for hydroxylation is 1. The lowest BCUT2D eigenvalue weighted by Crippen LogP contribution is -2.19. The van der Waals surface area contributed by atoms with Crippen molar-refractivity contribution in [2.45, 2.75) is 39.5 Å². The molecule has 0 aliphatic carbocycles. The van der Waals surface area contributed by atoms with Crippen LogP contribution in [0.4, 0.5) is 0 Å². The van der Waals surface area contributed by atoms with Gasteiger partial charge in [-0.3, -0.25) is 4.79 Å². The van der Waals surface area contributed by atoms with Gasteiger partial charge >= 0.3 is 0 Å². The Morgan fingerprint density at radius 1 is 1.23 bits per heavy atom. The molecule has 0 saturated heterocycles. The molecular formula is C21H23N3OS. The molecular weight excluding hydrogens is 342 g/mol. The largest absolute Gasteiger partial charge is 0.282 e. The third kappa shape index (κ3) is 4.35. The molecule has 5 heteroatoms. The van der Waals surface area contributed by atoms with Crippen molar-refractivity contribution in [1.82, 2.24) is 9.66 Å². The summed E-state index contributed by atoms with van der Waals surface area (Å²) in [4.78, 5) is 17.9. The van der Waals surface area contributed by atoms with Gasteiger partial charge in [0, 0.05) is 0 Å². The van der Waals surface area contributed by atoms with Crippen molar-refractivity contribution in [2.75, 3.05) is 0 Å². The van der Waals surface area contributed by atoms with Crippen LogP contribution in [-0.2, 0) is 0 Å². The summed E-state index contributed by atoms with van der Waals surface area (Å²) in [5, 5.41) is 6.97. The molecule has 1 aromatic carbocycles. The van der Waals surface area contributed by atoms with Crippen LogP contribution in [-0.4, -0.2) is 15.9 Å². The van der Waals surface area contributed by atoms with E-state index in [0.29, 0.717) is 11.2 Å². The highest BCUT2D eigenvalue weighted by molar-refractivity contribution is 7.16. The first-order chi connectivity index (χ1) is 12.7. The Hall–Kier alpha value is -2.53. The second kappa shape index (κ2) is 8.72. The van der Waals surface area contributed by atoms with Gasteiger partial charge in [0.1, 0.15) is 10.7 Å². The molecule has 0 fully saturated rings. The zero-order valence-corrected chi connectivity index (χ0v) is 16.0. The topological polar surface area (TPSA) is 47.2 Å². The van der Waals surface area contributed by atoms with Crippen molar-refractivity contribution in [1.29, 1.82) is 0 Å². The Morgan fingerprint density at radius 3 is 2.81 bits per heavy atom. The first-order valence-corrected chi connectivity index (χ1v) is 9.84. The van der Waals surface area contributed by atoms with Gasteiger partial charge < -0.3 is 0 Å². The molecule has 3 aromatic rings. The minimum atomic E-state index is -0.113. The van der Waals surface area contributed by atoms with E-state index in [2.05, 4.69) is 35.2 Å². The monoisotopic (exact) mass is 365 g/mol. The maximum absolute atomic E-state index is 12.6. The zero-order valence-electron chi connectivity index (χ0n) is 15.2. The maximum atomic E-state index is 12.6. The Balaban J connectivity index is 1.93. The molecule has 3 rings (SSSR count). The molecule has 0 unspecified atom stereocenters. The highest BCUT2D eigenvalue weighted by atomic mass is 32.1. The predicted octanol–water partition coefficient (Wildman–Crippen LogP) is 5.26. The summed E-state index contributed by atoms with van der Waals surface area (Å²) in [5.41, 5.74) is 2.14. The van der Waals surface area contributed by atoms with Gasteiger partial charge in [-0.15, -0.1) is 11.3 Å². The fraction of sp³-hybridized carbons (Fsp3) is 0.286. The van der Waals surface area contributed by atoms with Gasteiger partial charge in [0.25, 0.3) is 5.56 Å². The van der Waals surface area contributed by atoms with E-state index in [1.54, 1.807) is 6.21 Å². The van der Waals surface area contributed by atoms with E-state index in [1.165, 1.54) is 28.9 Å². The van der Waals surface area contributed by atoms with Crippen molar-refractivity contribution in [3.8, 4) is 0 Å². The molecule has 26 heavy (non-hydrogen) atoms. The molecule has 0 aliphatic heterocycles. The van der Waals surface area contributed by atoms with E-state index < -0.39 is 0 Å². The third-order valence-electron chi connectivity index (χ3n) is 4.20. The van der Waals surface area contributed by atoms with E-state index in [0.717, 1.165) is 28.8 Å². The number of rotatable bonds is 7. The highest BCUT2D eigenvalue weighted by Crippen LogP contribution is 2.16. The summed E-state index contributed by atoms with van der Waals surface area (Å²) in [6.07, 6.45) is 8.34. The minimum absolute atomic E-state index is 0.113. The van der Waals surface area contributed by atoms with E-state index in [-0.39, 0.29) is 5.56 Å². The van der Waals surface area contributed by atoms with Gasteiger partial charge in [-0.25, -0.2) is 4.98 Å². The molecule has 0 saturated carbocycles. The van der Waals surface area contributed by atoms with Crippen molar-refractivity contribution < 1.29 is 0 Å². The summed E-state index contributed by atoms with van der Waals surface area (Å²) < 4.78 is 1.40. The number of allylic oxidation sites excluding steroid dienone is 1. The average molecular weight is 366 g/mol. The molecule has 0 amide bonds. The van der Waals surface area contributed by atoms with Gasteiger partial charge in [-0.05, 0) is 42.3 Å². The van der Waals surface area contributed by atoms with E-state index in [1.807, 2.05) is 36.6 Å². The van der Waals surface area contributed by atoms with Crippen LogP contribution in [0.15, 0.2) is 57.2 Å². The average Bonchev–Trinajstić information content (AvgIpc) is 3.11. The standard InChI is InChI=1S/C21H23N3OS/c1-3-4-6-11-18(14-17-9-7-5-8-10-17)15-22-24-16(2)23-20-19(21(24)25)12-13-26-20/h5,7-10,12-15H,3-4,6,11H2,1-2H3/b18-14+,22-15-. The SMILES string of the molecule is CCCCCC(/C=N\n1c(C)nc2sccc2c1=O)=C\c1ccccc1. The maximum Gasteiger partial charge on any atom is 0.282 e. The quantitative estimate of drug-likeness (QED) is 0.423. The molecule has 0 spiro atoms. The van der Waals surface area contributed by atoms with Crippen LogP contribution in [0.2, 0.25) is 0 Å². The number of hydrogen-bond donors (Lipinski definition) is 0. The summed E-state index contributed by atoms with van der Waals surface area (Å²) in [6.45, 7) is 4.01. The van der Waals surface area contributed by atoms with Crippen molar-refractivity contribution >= 4 is 33.8 Å². The molecule has 2 heterocycles. The second-order valence-electron chi connectivity index (χ2n) is 6.25. The number of hydrogen-bond acceptors (Lipinski definition) is 4. The van der Waals surface area contributed by atoms with Gasteiger partial charge in [0.2, 0.25) is 0 Å². The highest BCUT2D eigenvalue weighted by Gasteiger charge is 2.08. The van der Waals surface area contributed by atoms with Crippen LogP contribution in [0.25, 0.3) is 16.3 Å². The van der Waals surface area contributed by atoms with Crippen molar-refractivity contribution in [3.63, 3.8) is 0 Å². The van der Waals surface area contributed by atoms with Gasteiger partial charge in [0.05, 0.1) is 11.6 Å². The minimum Gasteiger partial charge on any atom is -0.267 e. The van der Waals surface area contributed by atoms with Gasteiger partial charge in [-0.2, -0.15) is 9.78 Å². The van der Waals surface area contributed by atoms with Crippen LogP contribution in [0.5, 0.6) is 0 Å². The molecule has 2 aromatic heterocycles. The van der Waals surface area contributed by atoms with Crippen molar-refractivity contribution in [2.24, 2.45) is 5.10 Å². The number of aromatic nitrogens is 2. The summed E-state index contributed by atoms with van der Waals surface area (Å²) in [7, 11) is 0. The summed E-state index contributed by atoms with van der Waals surface area (Å²) in [6, 6.07) is 12.0. The van der Waals surface area contributed by atoms with Crippen LogP contribution in [0.3, 0.4) is 0 Å². The van der Waals surface area contributed by atoms with Crippen LogP contribution in [0.1, 0.15) is 44.0 Å². The summed E-state index contributed by atoms with van der Waals surface area (Å²) >= 11 is 1.48. The smallest absolute Gasteiger partial charge is 0.267 e. The fourth-order valence-corrected chi connectivity index (χ4v) is 3.59. The number of nitrogens with zero attached hydrogens (tertiary/aromatic N) is 3. The van der Waals surface area contributed by atoms with E-state index in [9.17, 15) is 4.79 Å². The number of benzene rings is 1. The molecule has 0 aliphatic rings. The van der Waals surface area contributed by atoms with Gasteiger partial charge in [-0.1, -0.05) is 56.2 Å². The van der Waals surface area contributed by atoms with Crippen LogP contribution >= 0.6 is 11.3 Å². The van der Waals surface area contributed by atoms with Crippen molar-refractivity contribution in [3.05, 3.63) is 69.1 Å². The lowest BCUT2D eigenvalue weighted by Gasteiger charge is -2.05. The molecule has 0 atom stereocenters. The van der Waals surface area contributed by atoms with Gasteiger partial charge in [0.15, 0.2) is 0 Å². The predicted molar refractivity (Wildman–Crippen MR) is 111 cm³/mol. The normalized spacial score (nSPS) is 12.3. The Morgan fingerprint density at radius 2 is 2.04 bits per heavy atom. The summed E-state index contributed by atoms with van der Waals surface area (Å²) in [5.74, 6) is 0.605. The zero-order chi connectivity index (χ0) is 18.4. The van der Waals surface area contributed by atoms with Crippen LogP contribution < -0.4 is 5.56 Å². The number of fused-ring (bicyclic) bond motifs is 1. The van der Waals surface area contributed by atoms with Crippen LogP contribution in [0, 0.1) is 6.92 Å². The molecule has 0 radical (unpaired) electrons. The fourth-order valence-electron chi connectivity index (χ4n) is 2.79. The molecule has 4 nitrogen and oxygen atoms in total. The first-order valence-electron chi connectivity index (χ1n) is 8.96. The lowest BCUT2D eigenvalue weighted by molar-refractivity contribution is 0.722. The number of unbranched alkanes of at least 4 members (excludes halogenated alkanes) is 2. The Labute approximate surface area is 157 Å². The molecule has 0 N–H and O–H groups in total. The lowest BCUT2D eigenvalue weighted by atomic mass is 10.1. The molecule has 134 valence electrons. The Kier molecular flexibility index (Phi) is 6.12. The molecule has 0 bridgehead atoms. The Bertz CT molecular complexity index is 983. The van der Waals surface area contributed by atoms with E-state index in [4.69, 9.17) is 0 Å². The third-order valence-corrected chi connectivity index (χ3v) is 5.00. The first kappa shape index (κ1) is 18.3.